The van der Waals surface area contributed by atoms with Crippen molar-refractivity contribution in [1.82, 2.24) is 5.43 Å². The maximum Gasteiger partial charge on any atom is 0.343 e. The minimum Gasteiger partial charge on any atom is -0.497 e. The average Bonchev–Trinajstić information content (AvgIpc) is 2.85. The van der Waals surface area contributed by atoms with E-state index in [1.165, 1.54) is 6.21 Å². The van der Waals surface area contributed by atoms with Crippen LogP contribution in [-0.4, -0.2) is 31.8 Å². The van der Waals surface area contributed by atoms with Gasteiger partial charge < -0.3 is 14.2 Å². The zero-order valence-corrected chi connectivity index (χ0v) is 20.6. The van der Waals surface area contributed by atoms with Gasteiger partial charge in [-0.15, -0.1) is 0 Å². The molecule has 7 heteroatoms. The topological polar surface area (TPSA) is 86.2 Å². The second kappa shape index (κ2) is 11.3. The standard InChI is InChI=1S/C28H30N2O5/c1-6-34-25-17-19(7-16-24(25)35-27(32)21-10-14-23(33-5)15-11-21)18-29-30-26(31)20-8-12-22(13-9-20)28(2,3)4/h7-18H,6H2,1-5H3,(H,30,31)/b29-18-. The van der Waals surface area contributed by atoms with Gasteiger partial charge in [-0.2, -0.15) is 5.10 Å². The summed E-state index contributed by atoms with van der Waals surface area (Å²) in [6.07, 6.45) is 1.50. The Kier molecular flexibility index (Phi) is 8.25. The molecule has 3 aromatic rings. The summed E-state index contributed by atoms with van der Waals surface area (Å²) in [5.74, 6) is 0.501. The molecule has 0 spiro atoms. The molecule has 0 saturated heterocycles. The first-order chi connectivity index (χ1) is 16.7. The third kappa shape index (κ3) is 6.93. The number of nitrogens with one attached hydrogen (secondary N) is 1. The highest BCUT2D eigenvalue weighted by Gasteiger charge is 2.15. The van der Waals surface area contributed by atoms with Crippen molar-refractivity contribution in [3.63, 3.8) is 0 Å². The van der Waals surface area contributed by atoms with Crippen molar-refractivity contribution in [3.8, 4) is 17.2 Å². The summed E-state index contributed by atoms with van der Waals surface area (Å²) in [7, 11) is 1.56. The molecule has 0 aliphatic carbocycles. The lowest BCUT2D eigenvalue weighted by Crippen LogP contribution is -2.18. The smallest absolute Gasteiger partial charge is 0.343 e. The van der Waals surface area contributed by atoms with Gasteiger partial charge in [-0.25, -0.2) is 10.2 Å². The van der Waals surface area contributed by atoms with E-state index in [1.807, 2.05) is 19.1 Å². The molecule has 0 aliphatic rings. The van der Waals surface area contributed by atoms with Crippen LogP contribution in [0.4, 0.5) is 0 Å². The van der Waals surface area contributed by atoms with Crippen LogP contribution >= 0.6 is 0 Å². The third-order valence-corrected chi connectivity index (χ3v) is 5.19. The first-order valence-corrected chi connectivity index (χ1v) is 11.3. The summed E-state index contributed by atoms with van der Waals surface area (Å²) in [6, 6.07) is 19.1. The molecule has 35 heavy (non-hydrogen) atoms. The molecule has 0 radical (unpaired) electrons. The molecule has 0 fully saturated rings. The fourth-order valence-corrected chi connectivity index (χ4v) is 3.20. The van der Waals surface area contributed by atoms with Gasteiger partial charge in [0.2, 0.25) is 0 Å². The Morgan fingerprint density at radius 2 is 1.57 bits per heavy atom. The highest BCUT2D eigenvalue weighted by molar-refractivity contribution is 5.95. The van der Waals surface area contributed by atoms with E-state index in [0.717, 1.165) is 5.56 Å². The predicted molar refractivity (Wildman–Crippen MR) is 136 cm³/mol. The number of esters is 1. The number of rotatable bonds is 8. The van der Waals surface area contributed by atoms with Crippen molar-refractivity contribution in [1.29, 1.82) is 0 Å². The van der Waals surface area contributed by atoms with E-state index >= 15 is 0 Å². The molecule has 1 N–H and O–H groups in total. The van der Waals surface area contributed by atoms with Gasteiger partial charge in [0.05, 0.1) is 25.5 Å². The van der Waals surface area contributed by atoms with Crippen LogP contribution in [-0.2, 0) is 5.41 Å². The largest absolute Gasteiger partial charge is 0.497 e. The number of benzene rings is 3. The van der Waals surface area contributed by atoms with E-state index in [1.54, 1.807) is 61.7 Å². The number of ether oxygens (including phenoxy) is 3. The summed E-state index contributed by atoms with van der Waals surface area (Å²) in [6.45, 7) is 8.58. The van der Waals surface area contributed by atoms with Crippen LogP contribution < -0.4 is 19.6 Å². The number of carbonyl (C=O) groups is 2. The summed E-state index contributed by atoms with van der Waals surface area (Å²) < 4.78 is 16.3. The summed E-state index contributed by atoms with van der Waals surface area (Å²) >= 11 is 0. The molecule has 7 nitrogen and oxygen atoms in total. The monoisotopic (exact) mass is 474 g/mol. The molecule has 0 aromatic heterocycles. The number of carbonyl (C=O) groups excluding carboxylic acids is 2. The van der Waals surface area contributed by atoms with Crippen LogP contribution in [0.2, 0.25) is 0 Å². The fourth-order valence-electron chi connectivity index (χ4n) is 3.20. The molecular formula is C28H30N2O5. The minimum atomic E-state index is -0.514. The molecule has 1 amide bonds. The van der Waals surface area contributed by atoms with Gasteiger partial charge in [0.25, 0.3) is 5.91 Å². The molecule has 3 rings (SSSR count). The molecule has 0 bridgehead atoms. The number of hydrogen-bond donors (Lipinski definition) is 1. The molecule has 0 atom stereocenters. The second-order valence-corrected chi connectivity index (χ2v) is 8.78. The van der Waals surface area contributed by atoms with Gasteiger partial charge in [0.1, 0.15) is 5.75 Å². The number of amides is 1. The van der Waals surface area contributed by atoms with Crippen molar-refractivity contribution in [2.75, 3.05) is 13.7 Å². The zero-order chi connectivity index (χ0) is 25.4. The average molecular weight is 475 g/mol. The fraction of sp³-hybridized carbons (Fsp3) is 0.250. The predicted octanol–water partition coefficient (Wildman–Crippen LogP) is 5.37. The van der Waals surface area contributed by atoms with Crippen LogP contribution in [0.5, 0.6) is 17.2 Å². The van der Waals surface area contributed by atoms with Gasteiger partial charge in [-0.05, 0) is 78.1 Å². The highest BCUT2D eigenvalue weighted by atomic mass is 16.6. The number of hydrazone groups is 1. The number of hydrogen-bond acceptors (Lipinski definition) is 6. The van der Waals surface area contributed by atoms with E-state index in [0.29, 0.717) is 34.8 Å². The van der Waals surface area contributed by atoms with Crippen molar-refractivity contribution >= 4 is 18.1 Å². The third-order valence-electron chi connectivity index (χ3n) is 5.19. The van der Waals surface area contributed by atoms with Gasteiger partial charge in [-0.3, -0.25) is 4.79 Å². The Hall–Kier alpha value is -4.13. The lowest BCUT2D eigenvalue weighted by molar-refractivity contribution is 0.0728. The molecular weight excluding hydrogens is 444 g/mol. The van der Waals surface area contributed by atoms with Crippen LogP contribution in [0.3, 0.4) is 0 Å². The summed E-state index contributed by atoms with van der Waals surface area (Å²) in [5, 5.41) is 4.05. The van der Waals surface area contributed by atoms with Crippen LogP contribution in [0.1, 0.15) is 59.5 Å². The van der Waals surface area contributed by atoms with Crippen LogP contribution in [0.25, 0.3) is 0 Å². The minimum absolute atomic E-state index is 0.0144. The Bertz CT molecular complexity index is 1190. The molecule has 182 valence electrons. The van der Waals surface area contributed by atoms with Crippen LogP contribution in [0.15, 0.2) is 71.8 Å². The van der Waals surface area contributed by atoms with E-state index in [-0.39, 0.29) is 17.1 Å². The van der Waals surface area contributed by atoms with Crippen molar-refractivity contribution < 1.29 is 23.8 Å². The lowest BCUT2D eigenvalue weighted by Gasteiger charge is -2.18. The molecule has 0 heterocycles. The quantitative estimate of drug-likeness (QED) is 0.205. The first kappa shape index (κ1) is 25.5. The zero-order valence-electron chi connectivity index (χ0n) is 20.6. The van der Waals surface area contributed by atoms with Gasteiger partial charge in [0, 0.05) is 5.56 Å². The lowest BCUT2D eigenvalue weighted by atomic mass is 9.87. The van der Waals surface area contributed by atoms with Gasteiger partial charge in [-0.1, -0.05) is 32.9 Å². The SMILES string of the molecule is CCOc1cc(/C=N\NC(=O)c2ccc(C(C)(C)C)cc2)ccc1OC(=O)c1ccc(OC)cc1. The summed E-state index contributed by atoms with van der Waals surface area (Å²) in [4.78, 5) is 24.9. The van der Waals surface area contributed by atoms with E-state index in [2.05, 4.69) is 31.3 Å². The molecule has 0 unspecified atom stereocenters. The van der Waals surface area contributed by atoms with Crippen molar-refractivity contribution in [2.24, 2.45) is 5.10 Å². The Labute approximate surface area is 205 Å². The van der Waals surface area contributed by atoms with E-state index in [9.17, 15) is 9.59 Å². The molecule has 0 aliphatic heterocycles. The second-order valence-electron chi connectivity index (χ2n) is 8.78. The normalized spacial score (nSPS) is 11.2. The summed E-state index contributed by atoms with van der Waals surface area (Å²) in [5.41, 5.74) is 5.26. The number of methoxy groups -OCH3 is 1. The van der Waals surface area contributed by atoms with E-state index in [4.69, 9.17) is 14.2 Å². The van der Waals surface area contributed by atoms with Crippen molar-refractivity contribution in [3.05, 3.63) is 89.0 Å². The molecule has 0 saturated carbocycles. The number of nitrogens with zero attached hydrogens (tertiary/aromatic N) is 1. The Balaban J connectivity index is 1.67. The Morgan fingerprint density at radius 1 is 0.914 bits per heavy atom. The first-order valence-electron chi connectivity index (χ1n) is 11.3. The highest BCUT2D eigenvalue weighted by Crippen LogP contribution is 2.29. The maximum atomic E-state index is 12.5. The van der Waals surface area contributed by atoms with Crippen LogP contribution in [0, 0.1) is 0 Å². The Morgan fingerprint density at radius 3 is 2.17 bits per heavy atom. The van der Waals surface area contributed by atoms with E-state index < -0.39 is 5.97 Å². The maximum absolute atomic E-state index is 12.5. The van der Waals surface area contributed by atoms with Crippen molar-refractivity contribution in [2.45, 2.75) is 33.1 Å². The van der Waals surface area contributed by atoms with Gasteiger partial charge in [0.15, 0.2) is 11.5 Å². The van der Waals surface area contributed by atoms with Gasteiger partial charge >= 0.3 is 5.97 Å². The molecule has 3 aromatic carbocycles.